The summed E-state index contributed by atoms with van der Waals surface area (Å²) in [5.41, 5.74) is 5.75. The van der Waals surface area contributed by atoms with E-state index in [-0.39, 0.29) is 5.56 Å². The molecule has 0 bridgehead atoms. The molecular formula is C13H22N4O. The molecule has 1 aromatic rings. The Morgan fingerprint density at radius 1 is 1.56 bits per heavy atom. The second-order valence-corrected chi connectivity index (χ2v) is 4.97. The Labute approximate surface area is 107 Å². The summed E-state index contributed by atoms with van der Waals surface area (Å²) in [6, 6.07) is 2.01. The predicted molar refractivity (Wildman–Crippen MR) is 72.8 cm³/mol. The normalized spacial score (nSPS) is 23.3. The molecule has 3 N–H and O–H groups in total. The third-order valence-corrected chi connectivity index (χ3v) is 3.80. The minimum Gasteiger partial charge on any atom is -0.353 e. The minimum absolute atomic E-state index is 0.0850. The van der Waals surface area contributed by atoms with Crippen molar-refractivity contribution < 1.29 is 0 Å². The van der Waals surface area contributed by atoms with Crippen LogP contribution in [-0.2, 0) is 0 Å². The summed E-state index contributed by atoms with van der Waals surface area (Å²) in [7, 11) is 0. The van der Waals surface area contributed by atoms with Crippen LogP contribution in [0.3, 0.4) is 0 Å². The molecule has 1 fully saturated rings. The zero-order valence-corrected chi connectivity index (χ0v) is 11.1. The molecule has 2 rings (SSSR count). The van der Waals surface area contributed by atoms with Crippen LogP contribution in [0, 0.1) is 12.8 Å². The van der Waals surface area contributed by atoms with Crippen LogP contribution >= 0.6 is 0 Å². The third-order valence-electron chi connectivity index (χ3n) is 3.80. The molecule has 0 amide bonds. The molecule has 2 atom stereocenters. The second kappa shape index (κ2) is 5.52. The summed E-state index contributed by atoms with van der Waals surface area (Å²) in [5, 5.41) is 0. The van der Waals surface area contributed by atoms with Gasteiger partial charge in [-0.2, -0.15) is 0 Å². The molecule has 100 valence electrons. The first-order valence-corrected chi connectivity index (χ1v) is 6.70. The monoisotopic (exact) mass is 250 g/mol. The van der Waals surface area contributed by atoms with E-state index >= 15 is 0 Å². The maximum Gasteiger partial charge on any atom is 0.252 e. The number of nitrogens with zero attached hydrogens (tertiary/aromatic N) is 2. The van der Waals surface area contributed by atoms with E-state index in [2.05, 4.69) is 21.8 Å². The summed E-state index contributed by atoms with van der Waals surface area (Å²) in [6.45, 7) is 5.48. The lowest BCUT2D eigenvalue weighted by Gasteiger charge is -2.32. The summed E-state index contributed by atoms with van der Waals surface area (Å²) in [6.07, 6.45) is 3.54. The first-order chi connectivity index (χ1) is 8.65. The Morgan fingerprint density at radius 3 is 2.94 bits per heavy atom. The first-order valence-electron chi connectivity index (χ1n) is 6.70. The highest BCUT2D eigenvalue weighted by atomic mass is 16.1. The van der Waals surface area contributed by atoms with Gasteiger partial charge in [-0.05, 0) is 39.2 Å². The number of hydrogen-bond acceptors (Lipinski definition) is 4. The first kappa shape index (κ1) is 13.1. The van der Waals surface area contributed by atoms with Crippen LogP contribution in [0.5, 0.6) is 0 Å². The molecule has 0 radical (unpaired) electrons. The molecule has 0 saturated heterocycles. The van der Waals surface area contributed by atoms with Crippen molar-refractivity contribution in [3.63, 3.8) is 0 Å². The van der Waals surface area contributed by atoms with E-state index < -0.39 is 0 Å². The zero-order chi connectivity index (χ0) is 13.1. The van der Waals surface area contributed by atoms with E-state index in [9.17, 15) is 4.79 Å². The van der Waals surface area contributed by atoms with Crippen molar-refractivity contribution in [1.29, 1.82) is 0 Å². The van der Waals surface area contributed by atoms with E-state index in [1.54, 1.807) is 6.07 Å². The van der Waals surface area contributed by atoms with Gasteiger partial charge in [-0.25, -0.2) is 4.98 Å². The lowest BCUT2D eigenvalue weighted by atomic mass is 10.0. The summed E-state index contributed by atoms with van der Waals surface area (Å²) in [4.78, 5) is 20.9. The fourth-order valence-electron chi connectivity index (χ4n) is 2.98. The number of hydrogen-bond donors (Lipinski definition) is 2. The largest absolute Gasteiger partial charge is 0.353 e. The van der Waals surface area contributed by atoms with Crippen molar-refractivity contribution in [1.82, 2.24) is 9.97 Å². The van der Waals surface area contributed by atoms with Crippen molar-refractivity contribution in [2.24, 2.45) is 11.7 Å². The van der Waals surface area contributed by atoms with Crippen LogP contribution in [0.2, 0.25) is 0 Å². The maximum atomic E-state index is 11.6. The molecule has 0 aromatic carbocycles. The minimum atomic E-state index is -0.0850. The van der Waals surface area contributed by atoms with Gasteiger partial charge in [0.1, 0.15) is 11.6 Å². The molecule has 1 saturated carbocycles. The SMILES string of the molecule is CCN(c1cc(=O)[nH]c(C)n1)C1CCCC1CN. The number of nitrogens with one attached hydrogen (secondary N) is 1. The number of anilines is 1. The van der Waals surface area contributed by atoms with Gasteiger partial charge in [0, 0.05) is 18.7 Å². The van der Waals surface area contributed by atoms with Gasteiger partial charge in [0.05, 0.1) is 0 Å². The van der Waals surface area contributed by atoms with Crippen molar-refractivity contribution >= 4 is 5.82 Å². The van der Waals surface area contributed by atoms with Gasteiger partial charge in [-0.15, -0.1) is 0 Å². The number of aromatic amines is 1. The third kappa shape index (κ3) is 2.56. The highest BCUT2D eigenvalue weighted by Crippen LogP contribution is 2.31. The van der Waals surface area contributed by atoms with Gasteiger partial charge in [0.2, 0.25) is 0 Å². The van der Waals surface area contributed by atoms with Crippen molar-refractivity contribution in [2.45, 2.75) is 39.2 Å². The number of nitrogens with two attached hydrogens (primary N) is 1. The van der Waals surface area contributed by atoms with E-state index in [4.69, 9.17) is 5.73 Å². The Morgan fingerprint density at radius 2 is 2.33 bits per heavy atom. The molecule has 1 aliphatic carbocycles. The molecule has 1 aromatic heterocycles. The molecule has 0 aliphatic heterocycles. The average molecular weight is 250 g/mol. The van der Waals surface area contributed by atoms with Crippen LogP contribution < -0.4 is 16.2 Å². The van der Waals surface area contributed by atoms with Gasteiger partial charge >= 0.3 is 0 Å². The van der Waals surface area contributed by atoms with E-state index in [1.165, 1.54) is 12.8 Å². The lowest BCUT2D eigenvalue weighted by Crippen LogP contribution is -2.41. The Balaban J connectivity index is 2.29. The van der Waals surface area contributed by atoms with Gasteiger partial charge in [-0.3, -0.25) is 4.79 Å². The zero-order valence-electron chi connectivity index (χ0n) is 11.1. The van der Waals surface area contributed by atoms with Crippen molar-refractivity contribution in [2.75, 3.05) is 18.0 Å². The average Bonchev–Trinajstić information content (AvgIpc) is 2.77. The van der Waals surface area contributed by atoms with Gasteiger partial charge in [-0.1, -0.05) is 6.42 Å². The Kier molecular flexibility index (Phi) is 4.01. The molecule has 5 heteroatoms. The predicted octanol–water partition coefficient (Wildman–Crippen LogP) is 1.03. The van der Waals surface area contributed by atoms with Crippen LogP contribution in [0.4, 0.5) is 5.82 Å². The number of H-pyrrole nitrogens is 1. The molecule has 5 nitrogen and oxygen atoms in total. The molecule has 2 unspecified atom stereocenters. The number of aromatic nitrogens is 2. The standard InChI is InChI=1S/C13H22N4O/c1-3-17(11-6-4-5-10(11)8-14)12-7-13(18)16-9(2)15-12/h7,10-11H,3-6,8,14H2,1-2H3,(H,15,16,18). The highest BCUT2D eigenvalue weighted by molar-refractivity contribution is 5.39. The summed E-state index contributed by atoms with van der Waals surface area (Å²) in [5.74, 6) is 1.97. The highest BCUT2D eigenvalue weighted by Gasteiger charge is 2.31. The topological polar surface area (TPSA) is 75.0 Å². The molecular weight excluding hydrogens is 228 g/mol. The number of rotatable bonds is 4. The van der Waals surface area contributed by atoms with Gasteiger partial charge < -0.3 is 15.6 Å². The van der Waals surface area contributed by atoms with Gasteiger partial charge in [0.15, 0.2) is 0 Å². The van der Waals surface area contributed by atoms with Crippen molar-refractivity contribution in [3.8, 4) is 0 Å². The smallest absolute Gasteiger partial charge is 0.252 e. The van der Waals surface area contributed by atoms with Crippen LogP contribution in [0.15, 0.2) is 10.9 Å². The van der Waals surface area contributed by atoms with E-state index in [1.807, 2.05) is 6.92 Å². The Bertz CT molecular complexity index is 457. The van der Waals surface area contributed by atoms with Crippen LogP contribution in [-0.4, -0.2) is 29.1 Å². The summed E-state index contributed by atoms with van der Waals surface area (Å²) >= 11 is 0. The summed E-state index contributed by atoms with van der Waals surface area (Å²) < 4.78 is 0. The number of aryl methyl sites for hydroxylation is 1. The lowest BCUT2D eigenvalue weighted by molar-refractivity contribution is 0.459. The fourth-order valence-corrected chi connectivity index (χ4v) is 2.98. The Hall–Kier alpha value is -1.36. The van der Waals surface area contributed by atoms with Crippen molar-refractivity contribution in [3.05, 3.63) is 22.2 Å². The van der Waals surface area contributed by atoms with Gasteiger partial charge in [0.25, 0.3) is 5.56 Å². The van der Waals surface area contributed by atoms with E-state index in [0.717, 1.165) is 18.8 Å². The quantitative estimate of drug-likeness (QED) is 0.837. The fraction of sp³-hybridized carbons (Fsp3) is 0.692. The second-order valence-electron chi connectivity index (χ2n) is 4.97. The molecule has 0 spiro atoms. The maximum absolute atomic E-state index is 11.6. The van der Waals surface area contributed by atoms with Crippen LogP contribution in [0.25, 0.3) is 0 Å². The van der Waals surface area contributed by atoms with E-state index in [0.29, 0.717) is 24.3 Å². The molecule has 1 heterocycles. The molecule has 18 heavy (non-hydrogen) atoms. The molecule has 1 aliphatic rings. The van der Waals surface area contributed by atoms with Crippen LogP contribution in [0.1, 0.15) is 32.0 Å².